The molecule has 0 bridgehead atoms. The number of ether oxygens (including phenoxy) is 1. The lowest BCUT2D eigenvalue weighted by Crippen LogP contribution is -2.43. The van der Waals surface area contributed by atoms with Crippen molar-refractivity contribution >= 4 is 22.6 Å². The fourth-order valence-electron chi connectivity index (χ4n) is 5.30. The van der Waals surface area contributed by atoms with Crippen LogP contribution in [0.15, 0.2) is 73.2 Å². The lowest BCUT2D eigenvalue weighted by Gasteiger charge is -2.32. The molecule has 0 atom stereocenters. The summed E-state index contributed by atoms with van der Waals surface area (Å²) in [5.41, 5.74) is 2.82. The average Bonchev–Trinajstić information content (AvgIpc) is 3.40. The van der Waals surface area contributed by atoms with Gasteiger partial charge in [0.15, 0.2) is 5.82 Å². The van der Waals surface area contributed by atoms with Crippen LogP contribution in [0.5, 0.6) is 11.6 Å². The number of hydrogen-bond acceptors (Lipinski definition) is 7. The van der Waals surface area contributed by atoms with Gasteiger partial charge in [0, 0.05) is 75.2 Å². The van der Waals surface area contributed by atoms with E-state index in [-0.39, 0.29) is 11.3 Å². The largest absolute Gasteiger partial charge is 0.437 e. The summed E-state index contributed by atoms with van der Waals surface area (Å²) in [4.78, 5) is 31.1. The lowest BCUT2D eigenvalue weighted by molar-refractivity contribution is -0.137. The van der Waals surface area contributed by atoms with Gasteiger partial charge in [-0.15, -0.1) is 0 Å². The number of hydrogen-bond donors (Lipinski definition) is 1. The number of piperazine rings is 1. The predicted molar refractivity (Wildman–Crippen MR) is 165 cm³/mol. The number of benzene rings is 2. The van der Waals surface area contributed by atoms with E-state index in [2.05, 4.69) is 30.1 Å². The van der Waals surface area contributed by atoms with Crippen molar-refractivity contribution in [1.29, 1.82) is 0 Å². The maximum atomic E-state index is 13.8. The summed E-state index contributed by atoms with van der Waals surface area (Å²) in [5, 5.41) is 2.67. The van der Waals surface area contributed by atoms with Crippen LogP contribution in [-0.4, -0.2) is 68.5 Å². The van der Waals surface area contributed by atoms with Gasteiger partial charge in [-0.3, -0.25) is 14.7 Å². The van der Waals surface area contributed by atoms with Gasteiger partial charge < -0.3 is 19.5 Å². The number of aromatic nitrogens is 4. The molecule has 3 aromatic heterocycles. The summed E-state index contributed by atoms with van der Waals surface area (Å²) in [5.74, 6) is 0.569. The zero-order chi connectivity index (χ0) is 31.7. The standard InChI is InChI=1S/C33H32F3N7O2/c1-21-4-5-24(18-28(21)45-32-29-27(8-11-42(29)3)39-30(40-32)23-6-9-37-10-7-23)31(44)38-26-17-22(16-25(19-26)33(34,35)36)20-43-14-12-41(2)13-15-43/h4-11,16-19H,12-15,20H2,1-3H3,(H,38,44). The minimum atomic E-state index is -4.56. The number of carbonyl (C=O) groups is 1. The second-order valence-corrected chi connectivity index (χ2v) is 11.3. The molecule has 5 aromatic rings. The van der Waals surface area contributed by atoms with Crippen molar-refractivity contribution in [1.82, 2.24) is 29.3 Å². The summed E-state index contributed by atoms with van der Waals surface area (Å²) < 4.78 is 49.7. The molecule has 9 nitrogen and oxygen atoms in total. The highest BCUT2D eigenvalue weighted by molar-refractivity contribution is 6.04. The molecule has 232 valence electrons. The molecule has 0 radical (unpaired) electrons. The van der Waals surface area contributed by atoms with Crippen molar-refractivity contribution in [3.63, 3.8) is 0 Å². The highest BCUT2D eigenvalue weighted by Gasteiger charge is 2.32. The first-order chi connectivity index (χ1) is 21.5. The molecule has 0 unspecified atom stereocenters. The molecule has 0 saturated carbocycles. The number of anilines is 1. The molecule has 12 heteroatoms. The van der Waals surface area contributed by atoms with Crippen LogP contribution in [0.2, 0.25) is 0 Å². The predicted octanol–water partition coefficient (Wildman–Crippen LogP) is 6.15. The summed E-state index contributed by atoms with van der Waals surface area (Å²) >= 11 is 0. The molecule has 1 saturated heterocycles. The average molecular weight is 616 g/mol. The van der Waals surface area contributed by atoms with E-state index >= 15 is 0 Å². The Morgan fingerprint density at radius 3 is 2.44 bits per heavy atom. The van der Waals surface area contributed by atoms with E-state index in [1.807, 2.05) is 37.8 Å². The third-order valence-electron chi connectivity index (χ3n) is 7.86. The van der Waals surface area contributed by atoms with Gasteiger partial charge in [0.05, 0.1) is 11.1 Å². The number of aryl methyl sites for hydroxylation is 2. The number of pyridine rings is 1. The van der Waals surface area contributed by atoms with E-state index in [9.17, 15) is 18.0 Å². The van der Waals surface area contributed by atoms with Gasteiger partial charge in [0.2, 0.25) is 5.88 Å². The van der Waals surface area contributed by atoms with Gasteiger partial charge in [-0.05, 0) is 73.6 Å². The molecular weight excluding hydrogens is 583 g/mol. The second-order valence-electron chi connectivity index (χ2n) is 11.3. The number of amides is 1. The number of nitrogens with one attached hydrogen (secondary N) is 1. The Morgan fingerprint density at radius 1 is 0.956 bits per heavy atom. The van der Waals surface area contributed by atoms with Crippen LogP contribution in [0.25, 0.3) is 22.4 Å². The summed E-state index contributed by atoms with van der Waals surface area (Å²) in [6.45, 7) is 5.39. The topological polar surface area (TPSA) is 88.4 Å². The summed E-state index contributed by atoms with van der Waals surface area (Å²) in [6.07, 6.45) is 0.602. The second kappa shape index (κ2) is 12.3. The molecule has 6 rings (SSSR count). The highest BCUT2D eigenvalue weighted by atomic mass is 19.4. The van der Waals surface area contributed by atoms with Crippen LogP contribution < -0.4 is 10.1 Å². The Morgan fingerprint density at radius 2 is 1.71 bits per heavy atom. The van der Waals surface area contributed by atoms with Crippen molar-refractivity contribution < 1.29 is 22.7 Å². The van der Waals surface area contributed by atoms with Crippen LogP contribution in [-0.2, 0) is 19.8 Å². The normalized spacial score (nSPS) is 14.5. The monoisotopic (exact) mass is 615 g/mol. The first-order valence-electron chi connectivity index (χ1n) is 14.5. The van der Waals surface area contributed by atoms with E-state index in [0.29, 0.717) is 40.6 Å². The Hall–Kier alpha value is -4.81. The van der Waals surface area contributed by atoms with Gasteiger partial charge in [0.1, 0.15) is 11.3 Å². The first kappa shape index (κ1) is 30.2. The van der Waals surface area contributed by atoms with Gasteiger partial charge in [0.25, 0.3) is 5.91 Å². The lowest BCUT2D eigenvalue weighted by atomic mass is 10.1. The van der Waals surface area contributed by atoms with Crippen LogP contribution in [0.1, 0.15) is 27.0 Å². The molecule has 1 N–H and O–H groups in total. The Labute approximate surface area is 258 Å². The van der Waals surface area contributed by atoms with Gasteiger partial charge in [-0.2, -0.15) is 18.2 Å². The van der Waals surface area contributed by atoms with Crippen LogP contribution in [0, 0.1) is 6.92 Å². The third kappa shape index (κ3) is 6.81. The number of likely N-dealkylation sites (N-methyl/N-ethyl adjacent to an activating group) is 1. The Bertz CT molecular complexity index is 1850. The van der Waals surface area contributed by atoms with Crippen molar-refractivity contribution in [2.24, 2.45) is 7.05 Å². The number of carbonyl (C=O) groups excluding carboxylic acids is 1. The van der Waals surface area contributed by atoms with Crippen molar-refractivity contribution in [3.05, 3.63) is 95.4 Å². The van der Waals surface area contributed by atoms with Crippen LogP contribution in [0.3, 0.4) is 0 Å². The number of alkyl halides is 3. The molecule has 4 heterocycles. The first-order valence-corrected chi connectivity index (χ1v) is 14.5. The molecule has 0 aliphatic carbocycles. The molecule has 1 fully saturated rings. The minimum Gasteiger partial charge on any atom is -0.437 e. The Kier molecular flexibility index (Phi) is 8.26. The SMILES string of the molecule is Cc1ccc(C(=O)Nc2cc(CN3CCN(C)CC3)cc(C(F)(F)F)c2)cc1Oc1nc(-c2ccncc2)nc2ccn(C)c12. The van der Waals surface area contributed by atoms with E-state index in [0.717, 1.165) is 49.4 Å². The van der Waals surface area contributed by atoms with Crippen molar-refractivity contribution in [2.45, 2.75) is 19.6 Å². The highest BCUT2D eigenvalue weighted by Crippen LogP contribution is 2.34. The quantitative estimate of drug-likeness (QED) is 0.235. The summed E-state index contributed by atoms with van der Waals surface area (Å²) in [6, 6.07) is 14.1. The fraction of sp³-hybridized carbons (Fsp3) is 0.273. The molecule has 2 aromatic carbocycles. The molecule has 0 spiro atoms. The molecule has 45 heavy (non-hydrogen) atoms. The van der Waals surface area contributed by atoms with E-state index < -0.39 is 17.6 Å². The van der Waals surface area contributed by atoms with Crippen molar-refractivity contribution in [2.75, 3.05) is 38.5 Å². The molecule has 1 aliphatic rings. The van der Waals surface area contributed by atoms with Crippen LogP contribution in [0.4, 0.5) is 18.9 Å². The van der Waals surface area contributed by atoms with E-state index in [1.165, 1.54) is 0 Å². The van der Waals surface area contributed by atoms with Gasteiger partial charge >= 0.3 is 6.18 Å². The molecule has 1 amide bonds. The third-order valence-corrected chi connectivity index (χ3v) is 7.86. The number of fused-ring (bicyclic) bond motifs is 1. The van der Waals surface area contributed by atoms with Crippen molar-refractivity contribution in [3.8, 4) is 23.0 Å². The van der Waals surface area contributed by atoms with Gasteiger partial charge in [-0.25, -0.2) is 4.98 Å². The van der Waals surface area contributed by atoms with E-state index in [4.69, 9.17) is 4.74 Å². The maximum Gasteiger partial charge on any atom is 0.416 e. The molecule has 1 aliphatic heterocycles. The zero-order valence-corrected chi connectivity index (χ0v) is 25.1. The van der Waals surface area contributed by atoms with Gasteiger partial charge in [-0.1, -0.05) is 6.07 Å². The number of halogens is 3. The zero-order valence-electron chi connectivity index (χ0n) is 25.1. The maximum absolute atomic E-state index is 13.8. The fourth-order valence-corrected chi connectivity index (χ4v) is 5.30. The van der Waals surface area contributed by atoms with Crippen LogP contribution >= 0.6 is 0 Å². The summed E-state index contributed by atoms with van der Waals surface area (Å²) in [7, 11) is 3.88. The number of nitrogens with zero attached hydrogens (tertiary/aromatic N) is 6. The van der Waals surface area contributed by atoms with E-state index in [1.54, 1.807) is 48.8 Å². The molecular formula is C33H32F3N7O2. The number of rotatable bonds is 7. The minimum absolute atomic E-state index is 0.0744. The smallest absolute Gasteiger partial charge is 0.416 e. The Balaban J connectivity index is 1.28.